The van der Waals surface area contributed by atoms with Crippen molar-refractivity contribution in [1.29, 1.82) is 0 Å². The third-order valence-corrected chi connectivity index (χ3v) is 11.5. The van der Waals surface area contributed by atoms with E-state index >= 15 is 0 Å². The maximum atomic E-state index is 8.58. The van der Waals surface area contributed by atoms with Gasteiger partial charge in [-0.1, -0.05) is 115 Å². The van der Waals surface area contributed by atoms with E-state index in [4.69, 9.17) is 81.3 Å². The van der Waals surface area contributed by atoms with Gasteiger partial charge in [-0.2, -0.15) is 0 Å². The summed E-state index contributed by atoms with van der Waals surface area (Å²) in [5.74, 6) is 1.78. The SMILES string of the molecule is CCCCCCCCCc1ccc(OCCOCCOCCOCCOCCOCCOCCO)cc1.CCCCCCCCCc1ccc(OCCOCCOCCOCCOCCOCCOCCOCCO)cc1. The lowest BCUT2D eigenvalue weighted by Crippen LogP contribution is -2.15. The highest BCUT2D eigenvalue weighted by Gasteiger charge is 2.02. The second-order valence-corrected chi connectivity index (χ2v) is 18.1. The molecular weight excluding hydrogens is 993 g/mol. The second kappa shape index (κ2) is 62.6. The molecule has 0 saturated carbocycles. The van der Waals surface area contributed by atoms with E-state index in [0.29, 0.717) is 185 Å². The second-order valence-electron chi connectivity index (χ2n) is 18.1. The first-order chi connectivity index (χ1) is 38.2. The number of aliphatic hydroxyl groups excluding tert-OH is 2. The van der Waals surface area contributed by atoms with E-state index in [1.807, 2.05) is 0 Å². The number of hydrogen-bond donors (Lipinski definition) is 2. The number of benzene rings is 2. The standard InChI is InChI=1S/C31H56O9.C29H52O8/c1-2-3-4-5-6-7-8-9-30-10-12-31(13-11-30)40-29-28-39-27-26-38-25-24-37-23-22-36-21-20-35-19-18-34-17-16-33-15-14-32;1-2-3-4-5-6-7-8-9-28-10-12-29(13-11-28)37-27-26-36-25-24-35-23-22-34-21-20-33-19-18-32-17-16-31-15-14-30/h10-13,32H,2-9,14-29H2,1H3;10-13,30H,2-9,14-27H2,1H3. The lowest BCUT2D eigenvalue weighted by molar-refractivity contribution is -0.0221. The van der Waals surface area contributed by atoms with Gasteiger partial charge in [-0.3, -0.25) is 0 Å². The Kier molecular flexibility index (Phi) is 58.9. The van der Waals surface area contributed by atoms with Crippen molar-refractivity contribution in [1.82, 2.24) is 0 Å². The molecule has 0 aromatic heterocycles. The Morgan fingerprint density at radius 2 is 0.429 bits per heavy atom. The van der Waals surface area contributed by atoms with Gasteiger partial charge in [-0.25, -0.2) is 0 Å². The molecule has 0 bridgehead atoms. The average molecular weight is 1100 g/mol. The Hall–Kier alpha value is -2.56. The molecule has 2 rings (SSSR count). The van der Waals surface area contributed by atoms with Gasteiger partial charge in [-0.15, -0.1) is 0 Å². The number of ether oxygens (including phenoxy) is 15. The van der Waals surface area contributed by atoms with Crippen molar-refractivity contribution in [2.45, 2.75) is 117 Å². The molecule has 0 heterocycles. The van der Waals surface area contributed by atoms with Crippen LogP contribution in [0.25, 0.3) is 0 Å². The van der Waals surface area contributed by atoms with Crippen LogP contribution in [0.1, 0.15) is 115 Å². The van der Waals surface area contributed by atoms with Crippen LogP contribution < -0.4 is 9.47 Å². The van der Waals surface area contributed by atoms with E-state index in [0.717, 1.165) is 24.3 Å². The third-order valence-electron chi connectivity index (χ3n) is 11.5. The van der Waals surface area contributed by atoms with Crippen molar-refractivity contribution in [3.8, 4) is 11.5 Å². The summed E-state index contributed by atoms with van der Waals surface area (Å²) in [6.07, 6.45) is 21.1. The molecule has 0 aliphatic rings. The molecule has 17 nitrogen and oxygen atoms in total. The first kappa shape index (κ1) is 72.5. The number of rotatable bonds is 61. The lowest BCUT2D eigenvalue weighted by Gasteiger charge is -2.09. The van der Waals surface area contributed by atoms with Gasteiger partial charge in [-0.05, 0) is 61.1 Å². The minimum atomic E-state index is 0.0319. The molecule has 0 fully saturated rings. The van der Waals surface area contributed by atoms with E-state index < -0.39 is 0 Å². The molecule has 450 valence electrons. The highest BCUT2D eigenvalue weighted by molar-refractivity contribution is 5.28. The Morgan fingerprint density at radius 1 is 0.234 bits per heavy atom. The van der Waals surface area contributed by atoms with Crippen molar-refractivity contribution >= 4 is 0 Å². The van der Waals surface area contributed by atoms with E-state index in [2.05, 4.69) is 62.4 Å². The molecule has 2 aromatic carbocycles. The van der Waals surface area contributed by atoms with Gasteiger partial charge in [0, 0.05) is 0 Å². The molecule has 0 saturated heterocycles. The first-order valence-electron chi connectivity index (χ1n) is 29.4. The zero-order valence-electron chi connectivity index (χ0n) is 48.2. The van der Waals surface area contributed by atoms with Crippen molar-refractivity contribution in [2.24, 2.45) is 0 Å². The summed E-state index contributed by atoms with van der Waals surface area (Å²) < 4.78 is 81.7. The molecule has 0 unspecified atom stereocenters. The van der Waals surface area contributed by atoms with Crippen molar-refractivity contribution < 1.29 is 81.3 Å². The summed E-state index contributed by atoms with van der Waals surface area (Å²) in [6, 6.07) is 16.9. The molecule has 0 amide bonds. The van der Waals surface area contributed by atoms with Crippen LogP contribution in [-0.2, 0) is 74.4 Å². The maximum absolute atomic E-state index is 8.58. The fourth-order valence-electron chi connectivity index (χ4n) is 7.27. The molecule has 0 atom stereocenters. The lowest BCUT2D eigenvalue weighted by atomic mass is 10.0. The topological polar surface area (TPSA) is 179 Å². The fourth-order valence-corrected chi connectivity index (χ4v) is 7.27. The predicted molar refractivity (Wildman–Crippen MR) is 302 cm³/mol. The maximum Gasteiger partial charge on any atom is 0.119 e. The highest BCUT2D eigenvalue weighted by atomic mass is 16.6. The van der Waals surface area contributed by atoms with E-state index in [1.54, 1.807) is 0 Å². The van der Waals surface area contributed by atoms with Gasteiger partial charge in [0.05, 0.1) is 185 Å². The van der Waals surface area contributed by atoms with E-state index in [9.17, 15) is 0 Å². The minimum absolute atomic E-state index is 0.0319. The monoisotopic (exact) mass is 1100 g/mol. The predicted octanol–water partition coefficient (Wildman–Crippen LogP) is 8.92. The Bertz CT molecular complexity index is 1390. The van der Waals surface area contributed by atoms with Crippen LogP contribution in [0.3, 0.4) is 0 Å². The Morgan fingerprint density at radius 3 is 0.649 bits per heavy atom. The van der Waals surface area contributed by atoms with Gasteiger partial charge in [0.25, 0.3) is 0 Å². The van der Waals surface area contributed by atoms with Crippen LogP contribution in [0, 0.1) is 0 Å². The zero-order valence-corrected chi connectivity index (χ0v) is 48.2. The van der Waals surface area contributed by atoms with Crippen LogP contribution in [0.5, 0.6) is 11.5 Å². The third kappa shape index (κ3) is 55.1. The minimum Gasteiger partial charge on any atom is -0.491 e. The van der Waals surface area contributed by atoms with Crippen LogP contribution in [0.2, 0.25) is 0 Å². The van der Waals surface area contributed by atoms with Crippen LogP contribution in [0.4, 0.5) is 0 Å². The van der Waals surface area contributed by atoms with Gasteiger partial charge >= 0.3 is 0 Å². The van der Waals surface area contributed by atoms with Crippen molar-refractivity contribution in [3.63, 3.8) is 0 Å². The normalized spacial score (nSPS) is 11.3. The number of aliphatic hydroxyl groups is 2. The molecule has 17 heteroatoms. The van der Waals surface area contributed by atoms with Gasteiger partial charge in [0.2, 0.25) is 0 Å². The first-order valence-corrected chi connectivity index (χ1v) is 29.4. The molecule has 0 radical (unpaired) electrons. The molecule has 0 aliphatic carbocycles. The summed E-state index contributed by atoms with van der Waals surface area (Å²) in [4.78, 5) is 0. The van der Waals surface area contributed by atoms with E-state index in [-0.39, 0.29) is 13.2 Å². The van der Waals surface area contributed by atoms with Crippen LogP contribution >= 0.6 is 0 Å². The Labute approximate surface area is 465 Å². The molecule has 2 N–H and O–H groups in total. The summed E-state index contributed by atoms with van der Waals surface area (Å²) >= 11 is 0. The summed E-state index contributed by atoms with van der Waals surface area (Å²) in [5.41, 5.74) is 2.76. The molecular formula is C60H108O17. The zero-order chi connectivity index (χ0) is 55.1. The van der Waals surface area contributed by atoms with Gasteiger partial charge in [0.1, 0.15) is 24.7 Å². The van der Waals surface area contributed by atoms with Gasteiger partial charge < -0.3 is 81.3 Å². The largest absolute Gasteiger partial charge is 0.491 e. The number of hydrogen-bond acceptors (Lipinski definition) is 17. The summed E-state index contributed by atoms with van der Waals surface area (Å²) in [5, 5.41) is 17.1. The summed E-state index contributed by atoms with van der Waals surface area (Å²) in [7, 11) is 0. The van der Waals surface area contributed by atoms with Crippen molar-refractivity contribution in [3.05, 3.63) is 59.7 Å². The molecule has 77 heavy (non-hydrogen) atoms. The smallest absolute Gasteiger partial charge is 0.119 e. The van der Waals surface area contributed by atoms with Gasteiger partial charge in [0.15, 0.2) is 0 Å². The molecule has 0 spiro atoms. The average Bonchev–Trinajstić information content (AvgIpc) is 3.45. The Balaban J connectivity index is 0.000000772. The van der Waals surface area contributed by atoms with Crippen LogP contribution in [0.15, 0.2) is 48.5 Å². The summed E-state index contributed by atoms with van der Waals surface area (Å²) in [6.45, 7) is 18.8. The van der Waals surface area contributed by atoms with E-state index in [1.165, 1.54) is 101 Å². The van der Waals surface area contributed by atoms with Crippen molar-refractivity contribution in [2.75, 3.05) is 198 Å². The highest BCUT2D eigenvalue weighted by Crippen LogP contribution is 2.17. The number of unbranched alkanes of at least 4 members (excludes halogenated alkanes) is 12. The molecule has 2 aromatic rings. The van der Waals surface area contributed by atoms with Crippen LogP contribution in [-0.4, -0.2) is 208 Å². The molecule has 0 aliphatic heterocycles. The fraction of sp³-hybridized carbons (Fsp3) is 0.800. The number of aryl methyl sites for hydroxylation is 2. The quantitative estimate of drug-likeness (QED) is 0.0599.